The van der Waals surface area contributed by atoms with Crippen LogP contribution in [0.25, 0.3) is 11.1 Å². The van der Waals surface area contributed by atoms with Crippen LogP contribution in [-0.4, -0.2) is 54.8 Å². The van der Waals surface area contributed by atoms with Gasteiger partial charge in [0.2, 0.25) is 0 Å². The molecule has 28 heavy (non-hydrogen) atoms. The van der Waals surface area contributed by atoms with Crippen LogP contribution in [0.5, 0.6) is 5.75 Å². The van der Waals surface area contributed by atoms with Gasteiger partial charge in [0.25, 0.3) is 5.91 Å². The zero-order chi connectivity index (χ0) is 20.1. The average Bonchev–Trinajstić information content (AvgIpc) is 2.72. The summed E-state index contributed by atoms with van der Waals surface area (Å²) in [7, 11) is 1.57. The number of amides is 1. The van der Waals surface area contributed by atoms with Gasteiger partial charge in [0.15, 0.2) is 0 Å². The van der Waals surface area contributed by atoms with Crippen LogP contribution >= 0.6 is 0 Å². The molecule has 0 aromatic heterocycles. The largest absolute Gasteiger partial charge is 0.497 e. The van der Waals surface area contributed by atoms with E-state index in [0.717, 1.165) is 5.56 Å². The van der Waals surface area contributed by atoms with E-state index in [2.05, 4.69) is 0 Å². The summed E-state index contributed by atoms with van der Waals surface area (Å²) >= 11 is 0. The molecule has 2 aromatic carbocycles. The van der Waals surface area contributed by atoms with Crippen molar-refractivity contribution in [2.24, 2.45) is 0 Å². The van der Waals surface area contributed by atoms with Crippen LogP contribution < -0.4 is 4.74 Å². The summed E-state index contributed by atoms with van der Waals surface area (Å²) in [6.07, 6.45) is 1.06. The summed E-state index contributed by atoms with van der Waals surface area (Å²) in [5, 5.41) is 9.19. The van der Waals surface area contributed by atoms with Crippen molar-refractivity contribution in [3.05, 3.63) is 53.8 Å². The van der Waals surface area contributed by atoms with Gasteiger partial charge < -0.3 is 19.5 Å². The van der Waals surface area contributed by atoms with Crippen molar-refractivity contribution in [2.45, 2.75) is 18.9 Å². The van der Waals surface area contributed by atoms with Gasteiger partial charge in [-0.3, -0.25) is 9.59 Å². The van der Waals surface area contributed by atoms with Crippen LogP contribution in [0.1, 0.15) is 23.2 Å². The Morgan fingerprint density at radius 2 is 1.79 bits per heavy atom. The molecule has 3 rings (SSSR count). The van der Waals surface area contributed by atoms with Gasteiger partial charge in [-0.2, -0.15) is 0 Å². The maximum Gasteiger partial charge on any atom is 0.323 e. The summed E-state index contributed by atoms with van der Waals surface area (Å²) in [4.78, 5) is 25.4. The Balaban J connectivity index is 1.85. The molecule has 0 saturated carbocycles. The summed E-state index contributed by atoms with van der Waals surface area (Å²) in [5.41, 5.74) is 1.27. The third-order valence-electron chi connectivity index (χ3n) is 4.82. The van der Waals surface area contributed by atoms with Gasteiger partial charge in [-0.15, -0.1) is 0 Å². The molecule has 1 saturated heterocycles. The molecule has 2 aromatic rings. The normalized spacial score (nSPS) is 14.5. The number of carbonyl (C=O) groups excluding carboxylic acids is 1. The molecule has 1 heterocycles. The Morgan fingerprint density at radius 3 is 2.36 bits per heavy atom. The van der Waals surface area contributed by atoms with E-state index >= 15 is 0 Å². The van der Waals surface area contributed by atoms with Crippen LogP contribution in [0.4, 0.5) is 4.39 Å². The Morgan fingerprint density at radius 1 is 1.14 bits per heavy atom. The fourth-order valence-corrected chi connectivity index (χ4v) is 3.32. The van der Waals surface area contributed by atoms with E-state index < -0.39 is 24.2 Å². The van der Waals surface area contributed by atoms with Gasteiger partial charge in [0.1, 0.15) is 18.1 Å². The molecule has 6 nitrogen and oxygen atoms in total. The van der Waals surface area contributed by atoms with Crippen molar-refractivity contribution in [3.63, 3.8) is 0 Å². The molecular formula is C21H22FNO5. The number of ether oxygens (including phenoxy) is 2. The molecule has 0 atom stereocenters. The number of carboxylic acid groups (broad SMARTS) is 1. The number of hydrogen-bond acceptors (Lipinski definition) is 4. The number of nitrogens with zero attached hydrogens (tertiary/aromatic N) is 1. The van der Waals surface area contributed by atoms with Crippen LogP contribution in [-0.2, 0) is 9.53 Å². The molecule has 7 heteroatoms. The van der Waals surface area contributed by atoms with E-state index in [-0.39, 0.29) is 11.6 Å². The highest BCUT2D eigenvalue weighted by Crippen LogP contribution is 2.26. The van der Waals surface area contributed by atoms with Gasteiger partial charge in [-0.25, -0.2) is 4.39 Å². The fourth-order valence-electron chi connectivity index (χ4n) is 3.32. The maximum atomic E-state index is 14.8. The third-order valence-corrected chi connectivity index (χ3v) is 4.82. The second-order valence-corrected chi connectivity index (χ2v) is 6.59. The highest BCUT2D eigenvalue weighted by atomic mass is 19.1. The monoisotopic (exact) mass is 387 g/mol. The minimum Gasteiger partial charge on any atom is -0.497 e. The average molecular weight is 387 g/mol. The highest BCUT2D eigenvalue weighted by Gasteiger charge is 2.29. The van der Waals surface area contributed by atoms with Crippen molar-refractivity contribution in [2.75, 3.05) is 26.9 Å². The fraction of sp³-hybridized carbons (Fsp3) is 0.333. The molecular weight excluding hydrogens is 365 g/mol. The number of hydrogen-bond donors (Lipinski definition) is 1. The van der Waals surface area contributed by atoms with E-state index in [4.69, 9.17) is 9.47 Å². The molecule has 0 bridgehead atoms. The number of halogens is 1. The van der Waals surface area contributed by atoms with Crippen molar-refractivity contribution < 1.29 is 28.6 Å². The summed E-state index contributed by atoms with van der Waals surface area (Å²) < 4.78 is 25.1. The zero-order valence-corrected chi connectivity index (χ0v) is 15.6. The Labute approximate surface area is 162 Å². The quantitative estimate of drug-likeness (QED) is 0.824. The van der Waals surface area contributed by atoms with Crippen molar-refractivity contribution >= 4 is 11.9 Å². The summed E-state index contributed by atoms with van der Waals surface area (Å²) in [6, 6.07) is 11.2. The molecule has 0 spiro atoms. The Hall–Kier alpha value is -2.93. The highest BCUT2D eigenvalue weighted by molar-refractivity contribution is 5.96. The summed E-state index contributed by atoms with van der Waals surface area (Å²) in [6.45, 7) is 0.434. The van der Waals surface area contributed by atoms with E-state index in [1.807, 2.05) is 0 Å². The molecule has 1 fully saturated rings. The summed E-state index contributed by atoms with van der Waals surface area (Å²) in [5.74, 6) is -1.74. The zero-order valence-electron chi connectivity index (χ0n) is 15.6. The van der Waals surface area contributed by atoms with Crippen LogP contribution in [0.15, 0.2) is 42.5 Å². The van der Waals surface area contributed by atoms with Gasteiger partial charge in [-0.1, -0.05) is 18.2 Å². The first-order chi connectivity index (χ1) is 13.5. The number of aliphatic carboxylic acids is 1. The minimum absolute atomic E-state index is 0.134. The lowest BCUT2D eigenvalue weighted by molar-refractivity contribution is -0.138. The van der Waals surface area contributed by atoms with Crippen molar-refractivity contribution in [1.82, 2.24) is 4.90 Å². The molecule has 148 valence electrons. The maximum absolute atomic E-state index is 14.8. The predicted octanol–water partition coefficient (Wildman–Crippen LogP) is 3.21. The van der Waals surface area contributed by atoms with Crippen LogP contribution in [0.2, 0.25) is 0 Å². The van der Waals surface area contributed by atoms with Gasteiger partial charge in [-0.05, 0) is 48.2 Å². The van der Waals surface area contributed by atoms with Crippen LogP contribution in [0.3, 0.4) is 0 Å². The van der Waals surface area contributed by atoms with Crippen molar-refractivity contribution in [1.29, 1.82) is 0 Å². The van der Waals surface area contributed by atoms with Gasteiger partial charge in [0, 0.05) is 19.3 Å². The predicted molar refractivity (Wildman–Crippen MR) is 101 cm³/mol. The number of carboxylic acids is 1. The van der Waals surface area contributed by atoms with Gasteiger partial charge in [0.05, 0.1) is 12.7 Å². The molecule has 0 radical (unpaired) electrons. The third kappa shape index (κ3) is 4.48. The minimum atomic E-state index is -1.13. The number of methoxy groups -OCH3 is 1. The number of carbonyl (C=O) groups is 2. The second kappa shape index (κ2) is 8.84. The lowest BCUT2D eigenvalue weighted by Gasteiger charge is -2.33. The van der Waals surface area contributed by atoms with Crippen molar-refractivity contribution in [3.8, 4) is 16.9 Å². The number of rotatable bonds is 6. The molecule has 1 amide bonds. The standard InChI is InChI=1S/C21H22FNO5/c1-27-17-5-2-14(3-6-17)15-4-7-18(19(22)12-15)21(26)23(13-20(24)25)16-8-10-28-11-9-16/h2-7,12,16H,8-11,13H2,1H3,(H,24,25). The van der Waals surface area contributed by atoms with Crippen LogP contribution in [0, 0.1) is 5.82 Å². The molecule has 1 N–H and O–H groups in total. The van der Waals surface area contributed by atoms with E-state index in [0.29, 0.717) is 37.4 Å². The smallest absolute Gasteiger partial charge is 0.323 e. The van der Waals surface area contributed by atoms with E-state index in [1.54, 1.807) is 37.4 Å². The molecule has 1 aliphatic rings. The Kier molecular flexibility index (Phi) is 6.26. The first-order valence-corrected chi connectivity index (χ1v) is 9.04. The van der Waals surface area contributed by atoms with E-state index in [1.165, 1.54) is 17.0 Å². The first kappa shape index (κ1) is 19.8. The molecule has 0 aliphatic carbocycles. The lowest BCUT2D eigenvalue weighted by atomic mass is 10.0. The first-order valence-electron chi connectivity index (χ1n) is 9.04. The SMILES string of the molecule is COc1ccc(-c2ccc(C(=O)N(CC(=O)O)C3CCOCC3)c(F)c2)cc1. The lowest BCUT2D eigenvalue weighted by Crippen LogP contribution is -2.46. The second-order valence-electron chi connectivity index (χ2n) is 6.59. The molecule has 1 aliphatic heterocycles. The topological polar surface area (TPSA) is 76.1 Å². The number of benzene rings is 2. The molecule has 0 unspecified atom stereocenters. The Bertz CT molecular complexity index is 846. The van der Waals surface area contributed by atoms with E-state index in [9.17, 15) is 19.1 Å². The van der Waals surface area contributed by atoms with Gasteiger partial charge >= 0.3 is 5.97 Å².